The number of benzene rings is 2. The highest BCUT2D eigenvalue weighted by Crippen LogP contribution is 2.37. The van der Waals surface area contributed by atoms with Crippen molar-refractivity contribution in [2.24, 2.45) is 0 Å². The number of nitrogens with one attached hydrogen (secondary N) is 1. The molecule has 2 aromatic carbocycles. The second kappa shape index (κ2) is 9.82. The van der Waals surface area contributed by atoms with E-state index in [1.165, 1.54) is 17.7 Å². The molecular formula is C28H34FN3O4. The van der Waals surface area contributed by atoms with Gasteiger partial charge >= 0.3 is 6.09 Å². The highest BCUT2D eigenvalue weighted by molar-refractivity contribution is 5.82. The minimum Gasteiger partial charge on any atom is -0.444 e. The van der Waals surface area contributed by atoms with Crippen LogP contribution in [0.25, 0.3) is 0 Å². The maximum absolute atomic E-state index is 13.9. The van der Waals surface area contributed by atoms with Crippen molar-refractivity contribution in [2.75, 3.05) is 26.2 Å². The van der Waals surface area contributed by atoms with Gasteiger partial charge in [0.25, 0.3) is 5.91 Å². The molecule has 0 saturated carbocycles. The fraction of sp³-hybridized carbons (Fsp3) is 0.500. The average molecular weight is 496 g/mol. The van der Waals surface area contributed by atoms with E-state index in [1.54, 1.807) is 17.0 Å². The normalized spacial score (nSPS) is 26.1. The zero-order chi connectivity index (χ0) is 25.4. The summed E-state index contributed by atoms with van der Waals surface area (Å²) in [7, 11) is 0. The summed E-state index contributed by atoms with van der Waals surface area (Å²) in [6.45, 7) is 7.55. The van der Waals surface area contributed by atoms with E-state index in [1.807, 2.05) is 43.9 Å². The number of hydrogen-bond donors (Lipinski definition) is 1. The molecule has 5 rings (SSSR count). The van der Waals surface area contributed by atoms with Crippen LogP contribution in [0.15, 0.2) is 48.5 Å². The monoisotopic (exact) mass is 495 g/mol. The van der Waals surface area contributed by atoms with Gasteiger partial charge in [0.1, 0.15) is 17.5 Å². The highest BCUT2D eigenvalue weighted by Gasteiger charge is 2.45. The third-order valence-corrected chi connectivity index (χ3v) is 7.22. The fourth-order valence-corrected chi connectivity index (χ4v) is 5.56. The Kier molecular flexibility index (Phi) is 6.74. The third-order valence-electron chi connectivity index (χ3n) is 7.22. The molecule has 3 heterocycles. The molecule has 36 heavy (non-hydrogen) atoms. The number of amides is 2. The lowest BCUT2D eigenvalue weighted by atomic mass is 9.87. The Hall–Kier alpha value is -2.97. The summed E-state index contributed by atoms with van der Waals surface area (Å²) in [4.78, 5) is 30.3. The molecule has 0 radical (unpaired) electrons. The van der Waals surface area contributed by atoms with E-state index < -0.39 is 11.7 Å². The summed E-state index contributed by atoms with van der Waals surface area (Å²) >= 11 is 0. The predicted octanol–water partition coefficient (Wildman–Crippen LogP) is 3.67. The number of fused-ring (bicyclic) bond motifs is 2. The first-order valence-corrected chi connectivity index (χ1v) is 12.7. The maximum atomic E-state index is 13.9. The first-order valence-electron chi connectivity index (χ1n) is 12.7. The van der Waals surface area contributed by atoms with Crippen LogP contribution in [-0.2, 0) is 20.7 Å². The number of hydrogen-bond acceptors (Lipinski definition) is 5. The first-order chi connectivity index (χ1) is 17.2. The van der Waals surface area contributed by atoms with Gasteiger partial charge in [-0.3, -0.25) is 4.79 Å². The van der Waals surface area contributed by atoms with Crippen LogP contribution in [0.5, 0.6) is 0 Å². The van der Waals surface area contributed by atoms with Crippen molar-refractivity contribution in [2.45, 2.75) is 63.4 Å². The van der Waals surface area contributed by atoms with E-state index in [0.717, 1.165) is 17.5 Å². The van der Waals surface area contributed by atoms with Crippen molar-refractivity contribution < 1.29 is 23.5 Å². The van der Waals surface area contributed by atoms with Gasteiger partial charge in [0.2, 0.25) is 0 Å². The standard InChI is InChI=1S/C28H34FN3O4/c1-28(2,3)36-27(34)31-15-13-30-22-16-24(35-17-23(22)31)26(33)32-14-12-18-6-4-5-7-21(18)25(32)19-8-10-20(29)11-9-19/h4-11,22-25,30H,12-17H2,1-3H3/t22?,23?,24?,25-/m0/s1. The van der Waals surface area contributed by atoms with E-state index in [4.69, 9.17) is 9.47 Å². The Morgan fingerprint density at radius 2 is 1.81 bits per heavy atom. The van der Waals surface area contributed by atoms with Crippen molar-refractivity contribution in [3.8, 4) is 0 Å². The number of carbonyl (C=O) groups excluding carboxylic acids is 2. The molecule has 8 heteroatoms. The van der Waals surface area contributed by atoms with Crippen LogP contribution >= 0.6 is 0 Å². The molecule has 2 aromatic rings. The second-order valence-electron chi connectivity index (χ2n) is 10.8. The van der Waals surface area contributed by atoms with Crippen LogP contribution in [0.2, 0.25) is 0 Å². The molecule has 0 aromatic heterocycles. The summed E-state index contributed by atoms with van der Waals surface area (Å²) in [6, 6.07) is 13.9. The van der Waals surface area contributed by atoms with Gasteiger partial charge in [-0.15, -0.1) is 0 Å². The topological polar surface area (TPSA) is 71.1 Å². The molecule has 0 aliphatic carbocycles. The van der Waals surface area contributed by atoms with Crippen LogP contribution in [0.3, 0.4) is 0 Å². The Bertz CT molecular complexity index is 1120. The van der Waals surface area contributed by atoms with Gasteiger partial charge in [0.15, 0.2) is 0 Å². The molecule has 192 valence electrons. The molecule has 4 atom stereocenters. The maximum Gasteiger partial charge on any atom is 0.410 e. The van der Waals surface area contributed by atoms with Gasteiger partial charge in [0, 0.05) is 25.7 Å². The summed E-state index contributed by atoms with van der Waals surface area (Å²) in [5.74, 6) is -0.381. The average Bonchev–Trinajstić information content (AvgIpc) is 2.86. The van der Waals surface area contributed by atoms with Crippen molar-refractivity contribution in [3.63, 3.8) is 0 Å². The third kappa shape index (κ3) is 4.97. The Morgan fingerprint density at radius 3 is 2.56 bits per heavy atom. The van der Waals surface area contributed by atoms with Gasteiger partial charge < -0.3 is 24.6 Å². The summed E-state index contributed by atoms with van der Waals surface area (Å²) in [6.07, 6.45) is 0.252. The molecule has 0 bridgehead atoms. The molecule has 2 fully saturated rings. The number of piperazine rings is 1. The predicted molar refractivity (Wildman–Crippen MR) is 133 cm³/mol. The van der Waals surface area contributed by atoms with Gasteiger partial charge in [-0.05, 0) is 62.4 Å². The van der Waals surface area contributed by atoms with Gasteiger partial charge in [-0.2, -0.15) is 0 Å². The van der Waals surface area contributed by atoms with Crippen molar-refractivity contribution in [1.82, 2.24) is 15.1 Å². The van der Waals surface area contributed by atoms with Crippen molar-refractivity contribution in [1.29, 1.82) is 0 Å². The number of carbonyl (C=O) groups is 2. The largest absolute Gasteiger partial charge is 0.444 e. The van der Waals surface area contributed by atoms with E-state index in [-0.39, 0.29) is 42.6 Å². The molecular weight excluding hydrogens is 461 g/mol. The van der Waals surface area contributed by atoms with Crippen molar-refractivity contribution >= 4 is 12.0 Å². The molecule has 1 N–H and O–H groups in total. The lowest BCUT2D eigenvalue weighted by molar-refractivity contribution is -0.154. The number of ether oxygens (including phenoxy) is 2. The molecule has 3 aliphatic heterocycles. The highest BCUT2D eigenvalue weighted by atomic mass is 19.1. The summed E-state index contributed by atoms with van der Waals surface area (Å²) in [5, 5.41) is 3.48. The van der Waals surface area contributed by atoms with Crippen LogP contribution in [0, 0.1) is 5.82 Å². The van der Waals surface area contributed by atoms with E-state index in [2.05, 4.69) is 11.4 Å². The first kappa shape index (κ1) is 24.7. The van der Waals surface area contributed by atoms with Crippen LogP contribution < -0.4 is 5.32 Å². The van der Waals surface area contributed by atoms with Crippen LogP contribution in [0.4, 0.5) is 9.18 Å². The zero-order valence-electron chi connectivity index (χ0n) is 21.1. The SMILES string of the molecule is CC(C)(C)OC(=O)N1CCNC2CC(C(=O)N3CCc4ccccc4[C@@H]3c3ccc(F)cc3)OCC21. The number of halogens is 1. The quantitative estimate of drug-likeness (QED) is 0.689. The Labute approximate surface area is 211 Å². The van der Waals surface area contributed by atoms with E-state index in [9.17, 15) is 14.0 Å². The summed E-state index contributed by atoms with van der Waals surface area (Å²) < 4.78 is 25.4. The van der Waals surface area contributed by atoms with Crippen molar-refractivity contribution in [3.05, 3.63) is 71.0 Å². The minimum atomic E-state index is -0.620. The molecule has 3 unspecified atom stereocenters. The number of nitrogens with zero attached hydrogens (tertiary/aromatic N) is 2. The fourth-order valence-electron chi connectivity index (χ4n) is 5.56. The molecule has 0 spiro atoms. The van der Waals surface area contributed by atoms with Gasteiger partial charge in [0.05, 0.1) is 18.7 Å². The van der Waals surface area contributed by atoms with Gasteiger partial charge in [-0.1, -0.05) is 36.4 Å². The Morgan fingerprint density at radius 1 is 1.06 bits per heavy atom. The second-order valence-corrected chi connectivity index (χ2v) is 10.8. The van der Waals surface area contributed by atoms with E-state index in [0.29, 0.717) is 26.1 Å². The van der Waals surface area contributed by atoms with Crippen LogP contribution in [0.1, 0.15) is 49.9 Å². The zero-order valence-corrected chi connectivity index (χ0v) is 21.1. The van der Waals surface area contributed by atoms with E-state index >= 15 is 0 Å². The van der Waals surface area contributed by atoms with Crippen LogP contribution in [-0.4, -0.2) is 71.8 Å². The summed E-state index contributed by atoms with van der Waals surface area (Å²) in [5.41, 5.74) is 2.55. The lowest BCUT2D eigenvalue weighted by Gasteiger charge is -2.47. The Balaban J connectivity index is 1.35. The molecule has 7 nitrogen and oxygen atoms in total. The molecule has 2 saturated heterocycles. The molecule has 3 aliphatic rings. The molecule has 2 amide bonds. The lowest BCUT2D eigenvalue weighted by Crippen LogP contribution is -2.66. The number of rotatable bonds is 2. The minimum absolute atomic E-state index is 0.0599. The smallest absolute Gasteiger partial charge is 0.410 e. The van der Waals surface area contributed by atoms with Gasteiger partial charge in [-0.25, -0.2) is 9.18 Å².